The normalized spacial score (nSPS) is 10.9. The Morgan fingerprint density at radius 2 is 2.22 bits per heavy atom. The van der Waals surface area contributed by atoms with Crippen LogP contribution in [0.5, 0.6) is 0 Å². The number of hydrogen-bond acceptors (Lipinski definition) is 4. The Morgan fingerprint density at radius 1 is 1.39 bits per heavy atom. The van der Waals surface area contributed by atoms with Crippen LogP contribution < -0.4 is 0 Å². The lowest BCUT2D eigenvalue weighted by Gasteiger charge is -1.91. The maximum atomic E-state index is 10.9. The fraction of sp³-hybridized carbons (Fsp3) is 0. The van der Waals surface area contributed by atoms with Crippen LogP contribution in [0.2, 0.25) is 0 Å². The highest BCUT2D eigenvalue weighted by Gasteiger charge is 2.13. The second-order valence-corrected chi connectivity index (χ2v) is 5.37. The van der Waals surface area contributed by atoms with E-state index in [4.69, 9.17) is 9.52 Å². The highest BCUT2D eigenvalue weighted by Crippen LogP contribution is 2.35. The van der Waals surface area contributed by atoms with Crippen LogP contribution in [0.15, 0.2) is 39.6 Å². The zero-order valence-corrected chi connectivity index (χ0v) is 11.3. The Bertz CT molecular complexity index is 747. The van der Waals surface area contributed by atoms with Gasteiger partial charge in [0.15, 0.2) is 4.67 Å². The minimum Gasteiger partial charge on any atom is -0.478 e. The van der Waals surface area contributed by atoms with Gasteiger partial charge in [-0.2, -0.15) is 0 Å². The number of aromatic carboxylic acids is 1. The molecule has 0 amide bonds. The summed E-state index contributed by atoms with van der Waals surface area (Å²) in [6.07, 6.45) is 1.58. The number of aromatic nitrogens is 1. The van der Waals surface area contributed by atoms with Gasteiger partial charge in [-0.1, -0.05) is 0 Å². The SMILES string of the molecule is O=C(O)c1ccc2nc(-c3ccoc3Br)sc2c1. The molecule has 1 N–H and O–H groups in total. The number of hydrogen-bond donors (Lipinski definition) is 1. The van der Waals surface area contributed by atoms with Gasteiger partial charge in [0.2, 0.25) is 0 Å². The summed E-state index contributed by atoms with van der Waals surface area (Å²) in [5.74, 6) is -0.934. The molecule has 0 unspecified atom stereocenters. The molecule has 0 radical (unpaired) electrons. The zero-order valence-electron chi connectivity index (χ0n) is 8.88. The average molecular weight is 324 g/mol. The van der Waals surface area contributed by atoms with Gasteiger partial charge in [-0.15, -0.1) is 11.3 Å². The van der Waals surface area contributed by atoms with Crippen molar-refractivity contribution in [2.75, 3.05) is 0 Å². The number of nitrogens with zero attached hydrogens (tertiary/aromatic N) is 1. The van der Waals surface area contributed by atoms with Gasteiger partial charge in [0.25, 0.3) is 0 Å². The number of thiazole rings is 1. The molecule has 90 valence electrons. The van der Waals surface area contributed by atoms with Crippen molar-refractivity contribution in [3.05, 3.63) is 40.8 Å². The molecule has 3 rings (SSSR count). The molecule has 1 aromatic carbocycles. The van der Waals surface area contributed by atoms with E-state index in [1.165, 1.54) is 11.3 Å². The van der Waals surface area contributed by atoms with Gasteiger partial charge in [-0.05, 0) is 40.2 Å². The molecule has 0 atom stereocenters. The van der Waals surface area contributed by atoms with E-state index in [1.807, 2.05) is 6.07 Å². The van der Waals surface area contributed by atoms with Crippen LogP contribution in [0.3, 0.4) is 0 Å². The molecule has 0 saturated heterocycles. The Hall–Kier alpha value is -1.66. The predicted octanol–water partition coefficient (Wildman–Crippen LogP) is 4.02. The van der Waals surface area contributed by atoms with E-state index in [-0.39, 0.29) is 5.56 Å². The number of fused-ring (bicyclic) bond motifs is 1. The number of halogens is 1. The minimum atomic E-state index is -0.934. The topological polar surface area (TPSA) is 63.3 Å². The van der Waals surface area contributed by atoms with Crippen molar-refractivity contribution in [2.45, 2.75) is 0 Å². The third kappa shape index (κ3) is 1.83. The van der Waals surface area contributed by atoms with Crippen molar-refractivity contribution in [1.82, 2.24) is 4.98 Å². The second kappa shape index (κ2) is 4.22. The smallest absolute Gasteiger partial charge is 0.335 e. The number of carboxylic acids is 1. The van der Waals surface area contributed by atoms with Gasteiger partial charge in [0.05, 0.1) is 27.6 Å². The highest BCUT2D eigenvalue weighted by atomic mass is 79.9. The molecule has 0 saturated carbocycles. The second-order valence-electron chi connectivity index (χ2n) is 3.61. The van der Waals surface area contributed by atoms with E-state index < -0.39 is 5.97 Å². The molecule has 18 heavy (non-hydrogen) atoms. The number of benzene rings is 1. The summed E-state index contributed by atoms with van der Waals surface area (Å²) in [4.78, 5) is 15.3. The van der Waals surface area contributed by atoms with Crippen LogP contribution in [0.25, 0.3) is 20.8 Å². The van der Waals surface area contributed by atoms with E-state index in [0.717, 1.165) is 20.8 Å². The monoisotopic (exact) mass is 323 g/mol. The molecule has 6 heteroatoms. The summed E-state index contributed by atoms with van der Waals surface area (Å²) in [5.41, 5.74) is 1.92. The first kappa shape index (κ1) is 11.4. The summed E-state index contributed by atoms with van der Waals surface area (Å²) >= 11 is 4.74. The lowest BCUT2D eigenvalue weighted by Crippen LogP contribution is -1.94. The lowest BCUT2D eigenvalue weighted by atomic mass is 10.2. The van der Waals surface area contributed by atoms with Gasteiger partial charge in [0.1, 0.15) is 5.01 Å². The van der Waals surface area contributed by atoms with Gasteiger partial charge in [0, 0.05) is 0 Å². The zero-order chi connectivity index (χ0) is 12.7. The predicted molar refractivity (Wildman–Crippen MR) is 72.0 cm³/mol. The van der Waals surface area contributed by atoms with Crippen molar-refractivity contribution in [2.24, 2.45) is 0 Å². The molecule has 0 aliphatic rings. The van der Waals surface area contributed by atoms with Crippen LogP contribution in [0.4, 0.5) is 0 Å². The van der Waals surface area contributed by atoms with Crippen molar-refractivity contribution >= 4 is 43.5 Å². The van der Waals surface area contributed by atoms with Gasteiger partial charge >= 0.3 is 5.97 Å². The molecular weight excluding hydrogens is 318 g/mol. The van der Waals surface area contributed by atoms with Gasteiger partial charge < -0.3 is 9.52 Å². The van der Waals surface area contributed by atoms with Crippen LogP contribution >= 0.6 is 27.3 Å². The fourth-order valence-corrected chi connectivity index (χ4v) is 3.21. The van der Waals surface area contributed by atoms with Crippen LogP contribution in [0, 0.1) is 0 Å². The van der Waals surface area contributed by atoms with E-state index in [0.29, 0.717) is 4.67 Å². The van der Waals surface area contributed by atoms with E-state index in [9.17, 15) is 4.79 Å². The maximum Gasteiger partial charge on any atom is 0.335 e. The molecule has 2 heterocycles. The number of carbonyl (C=O) groups is 1. The Kier molecular flexibility index (Phi) is 2.68. The summed E-state index contributed by atoms with van der Waals surface area (Å²) in [6, 6.07) is 6.72. The number of rotatable bonds is 2. The Morgan fingerprint density at radius 3 is 2.89 bits per heavy atom. The molecule has 0 aliphatic heterocycles. The average Bonchev–Trinajstić information content (AvgIpc) is 2.92. The minimum absolute atomic E-state index is 0.268. The number of furan rings is 1. The van der Waals surface area contributed by atoms with Crippen LogP contribution in [-0.4, -0.2) is 16.1 Å². The number of carboxylic acid groups (broad SMARTS) is 1. The summed E-state index contributed by atoms with van der Waals surface area (Å²) in [5, 5.41) is 9.74. The molecule has 0 spiro atoms. The molecule has 3 aromatic rings. The standard InChI is InChI=1S/C12H6BrNO3S/c13-10-7(3-4-17-10)11-14-8-2-1-6(12(15)16)5-9(8)18-11/h1-5H,(H,15,16). The molecule has 4 nitrogen and oxygen atoms in total. The molecule has 0 fully saturated rings. The first-order valence-corrected chi connectivity index (χ1v) is 6.63. The van der Waals surface area contributed by atoms with Crippen LogP contribution in [0.1, 0.15) is 10.4 Å². The highest BCUT2D eigenvalue weighted by molar-refractivity contribution is 9.10. The summed E-state index contributed by atoms with van der Waals surface area (Å²) < 4.78 is 6.64. The van der Waals surface area contributed by atoms with E-state index in [1.54, 1.807) is 24.5 Å². The quantitative estimate of drug-likeness (QED) is 0.773. The van der Waals surface area contributed by atoms with E-state index in [2.05, 4.69) is 20.9 Å². The first-order valence-electron chi connectivity index (χ1n) is 5.02. The van der Waals surface area contributed by atoms with E-state index >= 15 is 0 Å². The summed E-state index contributed by atoms with van der Waals surface area (Å²) in [6.45, 7) is 0. The van der Waals surface area contributed by atoms with Crippen molar-refractivity contribution in [1.29, 1.82) is 0 Å². The molecule has 2 aromatic heterocycles. The third-order valence-corrected chi connectivity index (χ3v) is 4.15. The van der Waals surface area contributed by atoms with Gasteiger partial charge in [-0.3, -0.25) is 0 Å². The largest absolute Gasteiger partial charge is 0.478 e. The Labute approximate surface area is 114 Å². The summed E-state index contributed by atoms with van der Waals surface area (Å²) in [7, 11) is 0. The Balaban J connectivity index is 2.17. The van der Waals surface area contributed by atoms with Gasteiger partial charge in [-0.25, -0.2) is 9.78 Å². The maximum absolute atomic E-state index is 10.9. The molecule has 0 aliphatic carbocycles. The molecule has 0 bridgehead atoms. The van der Waals surface area contributed by atoms with Crippen molar-refractivity contribution in [3.8, 4) is 10.6 Å². The van der Waals surface area contributed by atoms with Crippen molar-refractivity contribution in [3.63, 3.8) is 0 Å². The lowest BCUT2D eigenvalue weighted by molar-refractivity contribution is 0.0697. The van der Waals surface area contributed by atoms with Crippen molar-refractivity contribution < 1.29 is 14.3 Å². The molecular formula is C12H6BrNO3S. The van der Waals surface area contributed by atoms with Crippen LogP contribution in [-0.2, 0) is 0 Å². The fourth-order valence-electron chi connectivity index (χ4n) is 1.62. The first-order chi connectivity index (χ1) is 8.65. The third-order valence-electron chi connectivity index (χ3n) is 2.48.